The fraction of sp³-hybridized carbons (Fsp3) is 0.250. The second kappa shape index (κ2) is 6.45. The zero-order valence-corrected chi connectivity index (χ0v) is 13.6. The van der Waals surface area contributed by atoms with E-state index in [-0.39, 0.29) is 5.82 Å². The number of aliphatic hydroxyl groups excluding tert-OH is 1. The number of rotatable bonds is 4. The van der Waals surface area contributed by atoms with Crippen molar-refractivity contribution in [3.63, 3.8) is 0 Å². The topological polar surface area (TPSA) is 38.7 Å². The highest BCUT2D eigenvalue weighted by molar-refractivity contribution is 9.10. The Balaban J connectivity index is 2.52. The Morgan fingerprint density at radius 3 is 2.29 bits per heavy atom. The summed E-state index contributed by atoms with van der Waals surface area (Å²) in [4.78, 5) is 0. The van der Waals surface area contributed by atoms with Crippen LogP contribution in [0.15, 0.2) is 34.8 Å². The zero-order chi connectivity index (χ0) is 15.6. The number of methoxy groups -OCH3 is 2. The van der Waals surface area contributed by atoms with Gasteiger partial charge in [-0.25, -0.2) is 4.39 Å². The van der Waals surface area contributed by atoms with E-state index in [2.05, 4.69) is 15.9 Å². The molecule has 2 aromatic rings. The Kier molecular flexibility index (Phi) is 4.85. The van der Waals surface area contributed by atoms with Crippen LogP contribution in [0.25, 0.3) is 0 Å². The van der Waals surface area contributed by atoms with Crippen molar-refractivity contribution >= 4 is 15.9 Å². The first-order valence-corrected chi connectivity index (χ1v) is 7.12. The molecule has 2 rings (SSSR count). The Morgan fingerprint density at radius 1 is 1.05 bits per heavy atom. The van der Waals surface area contributed by atoms with Gasteiger partial charge in [0.2, 0.25) is 0 Å². The number of aryl methyl sites for hydroxylation is 1. The van der Waals surface area contributed by atoms with E-state index in [1.54, 1.807) is 18.2 Å². The summed E-state index contributed by atoms with van der Waals surface area (Å²) in [5.41, 5.74) is 1.91. The minimum Gasteiger partial charge on any atom is -0.493 e. The van der Waals surface area contributed by atoms with E-state index >= 15 is 0 Å². The van der Waals surface area contributed by atoms with Gasteiger partial charge in [-0.2, -0.15) is 0 Å². The van der Waals surface area contributed by atoms with Gasteiger partial charge in [0, 0.05) is 10.0 Å². The van der Waals surface area contributed by atoms with E-state index < -0.39 is 6.10 Å². The number of hydrogen-bond donors (Lipinski definition) is 1. The molecule has 0 aliphatic heterocycles. The van der Waals surface area contributed by atoms with Gasteiger partial charge in [0.05, 0.1) is 14.2 Å². The van der Waals surface area contributed by atoms with E-state index in [1.807, 2.05) is 6.92 Å². The second-order valence-corrected chi connectivity index (χ2v) is 5.49. The van der Waals surface area contributed by atoms with Gasteiger partial charge in [0.15, 0.2) is 11.5 Å². The fourth-order valence-electron chi connectivity index (χ4n) is 2.15. The number of hydrogen-bond acceptors (Lipinski definition) is 3. The van der Waals surface area contributed by atoms with Crippen LogP contribution in [-0.4, -0.2) is 19.3 Å². The second-order valence-electron chi connectivity index (χ2n) is 4.63. The van der Waals surface area contributed by atoms with Crippen LogP contribution in [0.2, 0.25) is 0 Å². The first kappa shape index (κ1) is 15.8. The van der Waals surface area contributed by atoms with E-state index in [4.69, 9.17) is 9.47 Å². The SMILES string of the molecule is COc1cc(Br)c(C(O)c2cc(F)ccc2C)cc1OC. The molecule has 0 heterocycles. The van der Waals surface area contributed by atoms with E-state index in [0.717, 1.165) is 5.56 Å². The molecule has 3 nitrogen and oxygen atoms in total. The van der Waals surface area contributed by atoms with Crippen molar-refractivity contribution in [3.05, 3.63) is 57.3 Å². The summed E-state index contributed by atoms with van der Waals surface area (Å²) in [6.07, 6.45) is -0.963. The summed E-state index contributed by atoms with van der Waals surface area (Å²) in [7, 11) is 3.06. The summed E-state index contributed by atoms with van der Waals surface area (Å²) in [6.45, 7) is 1.83. The lowest BCUT2D eigenvalue weighted by Gasteiger charge is -2.18. The maximum atomic E-state index is 13.4. The average molecular weight is 355 g/mol. The molecular weight excluding hydrogens is 339 g/mol. The lowest BCUT2D eigenvalue weighted by Crippen LogP contribution is -2.05. The van der Waals surface area contributed by atoms with E-state index in [9.17, 15) is 9.50 Å². The molecule has 0 aliphatic rings. The van der Waals surface area contributed by atoms with Crippen molar-refractivity contribution in [1.82, 2.24) is 0 Å². The molecule has 0 aliphatic carbocycles. The number of ether oxygens (including phenoxy) is 2. The molecule has 5 heteroatoms. The third-order valence-electron chi connectivity index (χ3n) is 3.33. The zero-order valence-electron chi connectivity index (χ0n) is 12.0. The first-order chi connectivity index (χ1) is 9.97. The fourth-order valence-corrected chi connectivity index (χ4v) is 2.69. The molecule has 1 atom stereocenters. The van der Waals surface area contributed by atoms with Crippen LogP contribution in [0.3, 0.4) is 0 Å². The van der Waals surface area contributed by atoms with Crippen LogP contribution in [0.5, 0.6) is 11.5 Å². The molecule has 0 bridgehead atoms. The largest absolute Gasteiger partial charge is 0.493 e. The van der Waals surface area contributed by atoms with Crippen LogP contribution in [0.4, 0.5) is 4.39 Å². The molecule has 0 spiro atoms. The molecular formula is C16H16BrFO3. The van der Waals surface area contributed by atoms with Crippen LogP contribution < -0.4 is 9.47 Å². The summed E-state index contributed by atoms with van der Waals surface area (Å²) in [6, 6.07) is 7.74. The van der Waals surface area contributed by atoms with Crippen molar-refractivity contribution in [1.29, 1.82) is 0 Å². The predicted octanol–water partition coefficient (Wildman–Crippen LogP) is 4.00. The highest BCUT2D eigenvalue weighted by Gasteiger charge is 2.19. The minimum atomic E-state index is -0.963. The van der Waals surface area contributed by atoms with Gasteiger partial charge in [0.25, 0.3) is 0 Å². The number of benzene rings is 2. The summed E-state index contributed by atoms with van der Waals surface area (Å²) < 4.78 is 24.5. The van der Waals surface area contributed by atoms with Crippen molar-refractivity contribution in [2.24, 2.45) is 0 Å². The van der Waals surface area contributed by atoms with Gasteiger partial charge in [-0.05, 0) is 42.3 Å². The monoisotopic (exact) mass is 354 g/mol. The average Bonchev–Trinajstić information content (AvgIpc) is 2.48. The first-order valence-electron chi connectivity index (χ1n) is 6.33. The molecule has 112 valence electrons. The molecule has 21 heavy (non-hydrogen) atoms. The Bertz CT molecular complexity index is 658. The minimum absolute atomic E-state index is 0.383. The third-order valence-corrected chi connectivity index (χ3v) is 4.02. The molecule has 0 amide bonds. The lowest BCUT2D eigenvalue weighted by atomic mass is 9.97. The van der Waals surface area contributed by atoms with Crippen molar-refractivity contribution in [3.8, 4) is 11.5 Å². The smallest absolute Gasteiger partial charge is 0.161 e. The number of halogens is 2. The Labute approximate surface area is 131 Å². The molecule has 0 radical (unpaired) electrons. The highest BCUT2D eigenvalue weighted by Crippen LogP contribution is 2.38. The molecule has 1 N–H and O–H groups in total. The van der Waals surface area contributed by atoms with Gasteiger partial charge in [0.1, 0.15) is 11.9 Å². The predicted molar refractivity (Wildman–Crippen MR) is 82.4 cm³/mol. The van der Waals surface area contributed by atoms with Crippen LogP contribution >= 0.6 is 15.9 Å². The third kappa shape index (κ3) is 3.19. The van der Waals surface area contributed by atoms with Gasteiger partial charge >= 0.3 is 0 Å². The Hall–Kier alpha value is -1.59. The molecule has 0 saturated heterocycles. The van der Waals surface area contributed by atoms with Crippen molar-refractivity contribution < 1.29 is 19.0 Å². The normalized spacial score (nSPS) is 12.1. The Morgan fingerprint density at radius 2 is 1.67 bits per heavy atom. The van der Waals surface area contributed by atoms with Crippen molar-refractivity contribution in [2.75, 3.05) is 14.2 Å². The summed E-state index contributed by atoms with van der Waals surface area (Å²) in [5, 5.41) is 10.6. The molecule has 0 aromatic heterocycles. The van der Waals surface area contributed by atoms with E-state index in [0.29, 0.717) is 27.1 Å². The maximum absolute atomic E-state index is 13.4. The van der Waals surface area contributed by atoms with Crippen LogP contribution in [-0.2, 0) is 0 Å². The van der Waals surface area contributed by atoms with Crippen molar-refractivity contribution in [2.45, 2.75) is 13.0 Å². The summed E-state index contributed by atoms with van der Waals surface area (Å²) in [5.74, 6) is 0.673. The van der Waals surface area contributed by atoms with Gasteiger partial charge < -0.3 is 14.6 Å². The molecule has 1 unspecified atom stereocenters. The molecule has 0 fully saturated rings. The van der Waals surface area contributed by atoms with Crippen LogP contribution in [0, 0.1) is 12.7 Å². The summed E-state index contributed by atoms with van der Waals surface area (Å²) >= 11 is 3.40. The lowest BCUT2D eigenvalue weighted by molar-refractivity contribution is 0.217. The van der Waals surface area contributed by atoms with Gasteiger partial charge in [-0.1, -0.05) is 22.0 Å². The standard InChI is InChI=1S/C16H16BrFO3/c1-9-4-5-10(18)6-11(9)16(19)12-7-14(20-2)15(21-3)8-13(12)17/h4-8,16,19H,1-3H3. The van der Waals surface area contributed by atoms with Gasteiger partial charge in [-0.3, -0.25) is 0 Å². The highest BCUT2D eigenvalue weighted by atomic mass is 79.9. The maximum Gasteiger partial charge on any atom is 0.161 e. The molecule has 2 aromatic carbocycles. The molecule has 0 saturated carbocycles. The van der Waals surface area contributed by atoms with Gasteiger partial charge in [-0.15, -0.1) is 0 Å². The number of aliphatic hydroxyl groups is 1. The van der Waals surface area contributed by atoms with Crippen LogP contribution in [0.1, 0.15) is 22.8 Å². The quantitative estimate of drug-likeness (QED) is 0.901. The van der Waals surface area contributed by atoms with E-state index in [1.165, 1.54) is 26.4 Å².